The Kier molecular flexibility index (Phi) is 27.5. The minimum atomic E-state index is -4.67. The van der Waals surface area contributed by atoms with Gasteiger partial charge < -0.3 is 11.7 Å². The summed E-state index contributed by atoms with van der Waals surface area (Å²) in [6.45, 7) is 8.05. The maximum absolute atomic E-state index is 8.74. The molecule has 0 bridgehead atoms. The van der Waals surface area contributed by atoms with Crippen molar-refractivity contribution in [3.63, 3.8) is 0 Å². The van der Waals surface area contributed by atoms with Gasteiger partial charge in [0.05, 0.1) is 0 Å². The first-order valence-electron chi connectivity index (χ1n) is 8.48. The van der Waals surface area contributed by atoms with Crippen LogP contribution in [0.1, 0.15) is 84.0 Å². The van der Waals surface area contributed by atoms with E-state index in [0.717, 1.165) is 19.6 Å². The van der Waals surface area contributed by atoms with E-state index < -0.39 is 10.4 Å². The van der Waals surface area contributed by atoms with Gasteiger partial charge >= 0.3 is 29.3 Å². The molecule has 0 saturated heterocycles. The molecular weight excluding hydrogens is 311 g/mol. The van der Waals surface area contributed by atoms with Gasteiger partial charge in [0.1, 0.15) is 0 Å². The van der Waals surface area contributed by atoms with Crippen molar-refractivity contribution in [2.24, 2.45) is 0 Å². The average molecular weight is 346 g/mol. The SMILES string of the molecule is O=S(=O)(O)O.[CH2-]CCCCCCCCCCOCCCCC.[Li+]. The summed E-state index contributed by atoms with van der Waals surface area (Å²) in [5.41, 5.74) is 0. The summed E-state index contributed by atoms with van der Waals surface area (Å²) < 4.78 is 37.2. The Labute approximate surface area is 155 Å². The molecule has 0 aromatic rings. The number of hydrogen-bond acceptors (Lipinski definition) is 3. The summed E-state index contributed by atoms with van der Waals surface area (Å²) >= 11 is 0. The zero-order valence-electron chi connectivity index (χ0n) is 15.1. The maximum atomic E-state index is 8.74. The Bertz CT molecular complexity index is 275. The van der Waals surface area contributed by atoms with E-state index in [1.54, 1.807) is 0 Å². The third kappa shape index (κ3) is 45.0. The van der Waals surface area contributed by atoms with Crippen LogP contribution < -0.4 is 18.9 Å². The van der Waals surface area contributed by atoms with Crippen molar-refractivity contribution in [3.05, 3.63) is 6.92 Å². The van der Waals surface area contributed by atoms with Crippen LogP contribution in [-0.4, -0.2) is 30.7 Å². The van der Waals surface area contributed by atoms with Gasteiger partial charge in [-0.1, -0.05) is 64.7 Å². The van der Waals surface area contributed by atoms with Crippen LogP contribution in [0, 0.1) is 6.92 Å². The van der Waals surface area contributed by atoms with Crippen molar-refractivity contribution in [2.75, 3.05) is 13.2 Å². The number of unbranched alkanes of at least 4 members (excludes halogenated alkanes) is 10. The molecule has 0 amide bonds. The Morgan fingerprint density at radius 2 is 1.13 bits per heavy atom. The van der Waals surface area contributed by atoms with Gasteiger partial charge in [-0.2, -0.15) is 14.8 Å². The summed E-state index contributed by atoms with van der Waals surface area (Å²) in [5, 5.41) is 0. The minimum Gasteiger partial charge on any atom is -0.381 e. The molecule has 0 spiro atoms. The van der Waals surface area contributed by atoms with Gasteiger partial charge in [-0.3, -0.25) is 9.11 Å². The molecule has 23 heavy (non-hydrogen) atoms. The average Bonchev–Trinajstić information content (AvgIpc) is 2.42. The summed E-state index contributed by atoms with van der Waals surface area (Å²) in [6.07, 6.45) is 15.9. The zero-order chi connectivity index (χ0) is 17.1. The Hall–Kier alpha value is 0.427. The standard InChI is InChI=1S/C16H33O.Li.H2O4S/c1-3-5-7-8-9-10-11-12-14-16-17-15-13-6-4-2;;1-5(2,3)4/h1,3-16H2,2H3;;(H2,1,2,3,4)/q-1;+1;. The van der Waals surface area contributed by atoms with Crippen LogP contribution >= 0.6 is 0 Å². The smallest absolute Gasteiger partial charge is 0.381 e. The second kappa shape index (κ2) is 22.4. The second-order valence-corrected chi connectivity index (χ2v) is 6.34. The van der Waals surface area contributed by atoms with Gasteiger partial charge in [0.2, 0.25) is 0 Å². The largest absolute Gasteiger partial charge is 1.00 e. The third-order valence-electron chi connectivity index (χ3n) is 3.18. The number of ether oxygens (including phenoxy) is 1. The van der Waals surface area contributed by atoms with Crippen LogP contribution in [0.4, 0.5) is 0 Å². The first kappa shape index (κ1) is 28.2. The van der Waals surface area contributed by atoms with Crippen molar-refractivity contribution < 1.29 is 41.1 Å². The van der Waals surface area contributed by atoms with Gasteiger partial charge in [-0.05, 0) is 12.8 Å². The monoisotopic (exact) mass is 346 g/mol. The molecule has 5 nitrogen and oxygen atoms in total. The first-order chi connectivity index (χ1) is 10.4. The minimum absolute atomic E-state index is 0. The molecular formula is C16H35LiO5S. The van der Waals surface area contributed by atoms with Crippen LogP contribution in [-0.2, 0) is 15.1 Å². The van der Waals surface area contributed by atoms with E-state index in [4.69, 9.17) is 22.3 Å². The second-order valence-electron chi connectivity index (χ2n) is 5.45. The van der Waals surface area contributed by atoms with Crippen LogP contribution in [0.5, 0.6) is 0 Å². The van der Waals surface area contributed by atoms with E-state index in [1.807, 2.05) is 0 Å². The molecule has 0 heterocycles. The van der Waals surface area contributed by atoms with Crippen molar-refractivity contribution in [1.82, 2.24) is 0 Å². The number of hydrogen-bond donors (Lipinski definition) is 2. The Balaban J connectivity index is -0.000000578. The first-order valence-corrected chi connectivity index (χ1v) is 9.88. The molecule has 2 N–H and O–H groups in total. The Morgan fingerprint density at radius 1 is 0.783 bits per heavy atom. The van der Waals surface area contributed by atoms with Crippen LogP contribution in [0.2, 0.25) is 0 Å². The van der Waals surface area contributed by atoms with Gasteiger partial charge in [-0.25, -0.2) is 0 Å². The topological polar surface area (TPSA) is 83.8 Å². The molecule has 0 rings (SSSR count). The van der Waals surface area contributed by atoms with E-state index in [2.05, 4.69) is 13.8 Å². The fourth-order valence-electron chi connectivity index (χ4n) is 2.00. The molecule has 0 saturated carbocycles. The molecule has 0 aromatic heterocycles. The van der Waals surface area contributed by atoms with Crippen molar-refractivity contribution >= 4 is 10.4 Å². The van der Waals surface area contributed by atoms with E-state index in [1.165, 1.54) is 70.6 Å². The number of rotatable bonds is 14. The summed E-state index contributed by atoms with van der Waals surface area (Å²) in [5.74, 6) is 0. The van der Waals surface area contributed by atoms with Gasteiger partial charge in [0.15, 0.2) is 0 Å². The van der Waals surface area contributed by atoms with E-state index in [0.29, 0.717) is 0 Å². The molecule has 0 fully saturated rings. The molecule has 0 aliphatic carbocycles. The van der Waals surface area contributed by atoms with E-state index in [9.17, 15) is 0 Å². The predicted molar refractivity (Wildman–Crippen MR) is 91.4 cm³/mol. The van der Waals surface area contributed by atoms with Crippen molar-refractivity contribution in [2.45, 2.75) is 84.0 Å². The third-order valence-corrected chi connectivity index (χ3v) is 3.18. The molecule has 0 aromatic carbocycles. The predicted octanol–water partition coefficient (Wildman–Crippen LogP) is 1.89. The molecule has 0 aliphatic heterocycles. The van der Waals surface area contributed by atoms with Gasteiger partial charge in [0.25, 0.3) is 0 Å². The maximum Gasteiger partial charge on any atom is 1.00 e. The van der Waals surface area contributed by atoms with Gasteiger partial charge in [0, 0.05) is 13.2 Å². The molecule has 0 atom stereocenters. The Morgan fingerprint density at radius 3 is 1.52 bits per heavy atom. The molecule has 0 aliphatic rings. The molecule has 0 unspecified atom stereocenters. The van der Waals surface area contributed by atoms with Crippen LogP contribution in [0.3, 0.4) is 0 Å². The van der Waals surface area contributed by atoms with E-state index >= 15 is 0 Å². The quantitative estimate of drug-likeness (QED) is 0.217. The van der Waals surface area contributed by atoms with E-state index in [-0.39, 0.29) is 18.9 Å². The van der Waals surface area contributed by atoms with Gasteiger partial charge in [-0.15, -0.1) is 0 Å². The van der Waals surface area contributed by atoms with Crippen LogP contribution in [0.25, 0.3) is 0 Å². The normalized spacial score (nSPS) is 10.6. The molecule has 7 heteroatoms. The van der Waals surface area contributed by atoms with Crippen LogP contribution in [0.15, 0.2) is 0 Å². The fourth-order valence-corrected chi connectivity index (χ4v) is 2.00. The zero-order valence-corrected chi connectivity index (χ0v) is 16.0. The summed E-state index contributed by atoms with van der Waals surface area (Å²) in [4.78, 5) is 0. The molecule has 136 valence electrons. The summed E-state index contributed by atoms with van der Waals surface area (Å²) in [6, 6.07) is 0. The van der Waals surface area contributed by atoms with Crippen molar-refractivity contribution in [1.29, 1.82) is 0 Å². The fraction of sp³-hybridized carbons (Fsp3) is 0.938. The van der Waals surface area contributed by atoms with Crippen molar-refractivity contribution in [3.8, 4) is 0 Å². The summed E-state index contributed by atoms with van der Waals surface area (Å²) in [7, 11) is -4.67. The molecule has 0 radical (unpaired) electrons.